The highest BCUT2D eigenvalue weighted by Gasteiger charge is 2.48. The van der Waals surface area contributed by atoms with E-state index in [4.69, 9.17) is 0 Å². The molecule has 1 aliphatic carbocycles. The highest BCUT2D eigenvalue weighted by Crippen LogP contribution is 2.47. The van der Waals surface area contributed by atoms with Gasteiger partial charge in [0.15, 0.2) is 0 Å². The largest absolute Gasteiger partial charge is 0.343 e. The van der Waals surface area contributed by atoms with Gasteiger partial charge in [-0.25, -0.2) is 0 Å². The molecular formula is C10H17NO. The number of rotatable bonds is 0. The molecule has 1 amide bonds. The predicted molar refractivity (Wildman–Crippen MR) is 47.7 cm³/mol. The van der Waals surface area contributed by atoms with E-state index in [-0.39, 0.29) is 5.41 Å². The van der Waals surface area contributed by atoms with Gasteiger partial charge in [0.05, 0.1) is 0 Å². The van der Waals surface area contributed by atoms with Crippen LogP contribution >= 0.6 is 0 Å². The summed E-state index contributed by atoms with van der Waals surface area (Å²) >= 11 is 0. The Morgan fingerprint density at radius 2 is 2.08 bits per heavy atom. The molecule has 2 aliphatic heterocycles. The highest BCUT2D eigenvalue weighted by molar-refractivity contribution is 5.81. The van der Waals surface area contributed by atoms with Crippen molar-refractivity contribution in [3.8, 4) is 0 Å². The third kappa shape index (κ3) is 0.900. The summed E-state index contributed by atoms with van der Waals surface area (Å²) in [4.78, 5) is 13.7. The van der Waals surface area contributed by atoms with Gasteiger partial charge in [0.25, 0.3) is 0 Å². The highest BCUT2D eigenvalue weighted by atomic mass is 16.2. The molecule has 0 N–H and O–H groups in total. The number of fused-ring (bicyclic) bond motifs is 3. The fourth-order valence-electron chi connectivity index (χ4n) is 2.82. The predicted octanol–water partition coefficient (Wildman–Crippen LogP) is 1.65. The molecule has 68 valence electrons. The third-order valence-corrected chi connectivity index (χ3v) is 3.69. The van der Waals surface area contributed by atoms with Crippen LogP contribution in [0.1, 0.15) is 33.1 Å². The minimum Gasteiger partial charge on any atom is -0.343 e. The number of carbonyl (C=O) groups excluding carboxylic acids is 1. The first-order valence-corrected chi connectivity index (χ1v) is 4.79. The Kier molecular flexibility index (Phi) is 1.51. The van der Waals surface area contributed by atoms with E-state index in [0.29, 0.717) is 17.9 Å². The molecule has 0 aromatic carbocycles. The smallest absolute Gasteiger partial charge is 0.226 e. The van der Waals surface area contributed by atoms with Gasteiger partial charge in [0.1, 0.15) is 0 Å². The van der Waals surface area contributed by atoms with Gasteiger partial charge >= 0.3 is 0 Å². The fraction of sp³-hybridized carbons (Fsp3) is 0.900. The zero-order valence-electron chi connectivity index (χ0n) is 8.13. The van der Waals surface area contributed by atoms with Gasteiger partial charge in [-0.2, -0.15) is 0 Å². The monoisotopic (exact) mass is 167 g/mol. The molecule has 3 rings (SSSR count). The van der Waals surface area contributed by atoms with E-state index in [0.717, 1.165) is 6.42 Å². The normalized spacial score (nSPS) is 38.9. The Morgan fingerprint density at radius 3 is 2.50 bits per heavy atom. The number of hydrogen-bond donors (Lipinski definition) is 0. The Labute approximate surface area is 73.9 Å². The van der Waals surface area contributed by atoms with E-state index >= 15 is 0 Å². The van der Waals surface area contributed by atoms with E-state index in [1.54, 1.807) is 0 Å². The van der Waals surface area contributed by atoms with Crippen LogP contribution in [0.5, 0.6) is 0 Å². The van der Waals surface area contributed by atoms with Gasteiger partial charge in [-0.05, 0) is 24.7 Å². The number of hydrogen-bond acceptors (Lipinski definition) is 1. The Bertz CT molecular complexity index is 222. The van der Waals surface area contributed by atoms with Crippen molar-refractivity contribution < 1.29 is 4.79 Å². The first-order chi connectivity index (χ1) is 5.52. The van der Waals surface area contributed by atoms with Crippen LogP contribution in [0.15, 0.2) is 0 Å². The lowest BCUT2D eigenvalue weighted by Gasteiger charge is -2.51. The van der Waals surface area contributed by atoms with Crippen molar-refractivity contribution in [2.75, 3.05) is 7.05 Å². The lowest BCUT2D eigenvalue weighted by molar-refractivity contribution is -0.154. The summed E-state index contributed by atoms with van der Waals surface area (Å²) in [5.74, 6) is 0.676. The van der Waals surface area contributed by atoms with E-state index in [1.165, 1.54) is 12.8 Å². The summed E-state index contributed by atoms with van der Waals surface area (Å²) in [7, 11) is 1.95. The fourth-order valence-corrected chi connectivity index (χ4v) is 2.82. The molecule has 2 unspecified atom stereocenters. The van der Waals surface area contributed by atoms with Crippen molar-refractivity contribution in [1.29, 1.82) is 0 Å². The van der Waals surface area contributed by atoms with Crippen LogP contribution in [0.2, 0.25) is 0 Å². The van der Waals surface area contributed by atoms with Crippen molar-refractivity contribution >= 4 is 5.91 Å². The average molecular weight is 167 g/mol. The summed E-state index contributed by atoms with van der Waals surface area (Å²) in [6.07, 6.45) is 3.52. The first-order valence-electron chi connectivity index (χ1n) is 4.79. The number of amides is 1. The molecule has 2 heteroatoms. The summed E-state index contributed by atoms with van der Waals surface area (Å²) < 4.78 is 0. The summed E-state index contributed by atoms with van der Waals surface area (Å²) in [6, 6.07) is 0.525. The number of nitrogens with zero attached hydrogens (tertiary/aromatic N) is 1. The molecule has 0 aromatic heterocycles. The van der Waals surface area contributed by atoms with Crippen LogP contribution in [-0.4, -0.2) is 23.9 Å². The van der Waals surface area contributed by atoms with E-state index in [9.17, 15) is 4.79 Å². The second-order valence-electron chi connectivity index (χ2n) is 4.93. The first kappa shape index (κ1) is 8.09. The molecule has 0 spiro atoms. The zero-order valence-corrected chi connectivity index (χ0v) is 8.13. The standard InChI is InChI=1S/C10H17NO/c1-10(2)6-7-4-5-8(10)9(12)11(7)3/h7-8H,4-6H2,1-3H3. The molecule has 2 saturated heterocycles. The zero-order chi connectivity index (χ0) is 8.93. The van der Waals surface area contributed by atoms with Crippen molar-refractivity contribution in [1.82, 2.24) is 4.90 Å². The van der Waals surface area contributed by atoms with Crippen LogP contribution in [0.4, 0.5) is 0 Å². The number of piperidine rings is 2. The minimum absolute atomic E-state index is 0.256. The molecule has 2 bridgehead atoms. The average Bonchev–Trinajstić information content (AvgIpc) is 1.97. The topological polar surface area (TPSA) is 20.3 Å². The van der Waals surface area contributed by atoms with Crippen LogP contribution < -0.4 is 0 Å². The molecule has 0 radical (unpaired) electrons. The van der Waals surface area contributed by atoms with Gasteiger partial charge < -0.3 is 4.90 Å². The van der Waals surface area contributed by atoms with Gasteiger partial charge in [-0.15, -0.1) is 0 Å². The molecule has 12 heavy (non-hydrogen) atoms. The molecule has 2 atom stereocenters. The van der Waals surface area contributed by atoms with Crippen molar-refractivity contribution in [2.24, 2.45) is 11.3 Å². The van der Waals surface area contributed by atoms with E-state index in [2.05, 4.69) is 13.8 Å². The van der Waals surface area contributed by atoms with Crippen molar-refractivity contribution in [3.05, 3.63) is 0 Å². The molecule has 3 fully saturated rings. The van der Waals surface area contributed by atoms with Crippen molar-refractivity contribution in [3.63, 3.8) is 0 Å². The second-order valence-corrected chi connectivity index (χ2v) is 4.93. The van der Waals surface area contributed by atoms with Crippen LogP contribution in [-0.2, 0) is 4.79 Å². The van der Waals surface area contributed by atoms with Crippen LogP contribution in [0.25, 0.3) is 0 Å². The second kappa shape index (κ2) is 2.24. The quantitative estimate of drug-likeness (QED) is 0.537. The van der Waals surface area contributed by atoms with E-state index < -0.39 is 0 Å². The van der Waals surface area contributed by atoms with Crippen LogP contribution in [0, 0.1) is 11.3 Å². The van der Waals surface area contributed by atoms with Gasteiger partial charge in [-0.1, -0.05) is 13.8 Å². The molecule has 1 saturated carbocycles. The van der Waals surface area contributed by atoms with E-state index in [1.807, 2.05) is 11.9 Å². The molecule has 3 aliphatic rings. The molecule has 2 nitrogen and oxygen atoms in total. The molecular weight excluding hydrogens is 150 g/mol. The summed E-state index contributed by atoms with van der Waals surface area (Å²) in [5.41, 5.74) is 0.256. The maximum absolute atomic E-state index is 11.7. The van der Waals surface area contributed by atoms with Gasteiger partial charge in [-0.3, -0.25) is 4.79 Å². The van der Waals surface area contributed by atoms with Crippen LogP contribution in [0.3, 0.4) is 0 Å². The Hall–Kier alpha value is -0.530. The summed E-state index contributed by atoms with van der Waals surface area (Å²) in [5, 5.41) is 0. The lowest BCUT2D eigenvalue weighted by atomic mass is 9.63. The minimum atomic E-state index is 0.256. The molecule has 2 heterocycles. The number of carbonyl (C=O) groups is 1. The lowest BCUT2D eigenvalue weighted by Crippen LogP contribution is -2.57. The Balaban J connectivity index is 2.30. The van der Waals surface area contributed by atoms with Gasteiger partial charge in [0.2, 0.25) is 5.91 Å². The molecule has 0 aromatic rings. The van der Waals surface area contributed by atoms with Gasteiger partial charge in [0, 0.05) is 19.0 Å². The Morgan fingerprint density at radius 1 is 1.42 bits per heavy atom. The SMILES string of the molecule is CN1C(=O)C2CCC1CC2(C)C. The maximum Gasteiger partial charge on any atom is 0.226 e. The maximum atomic E-state index is 11.7. The van der Waals surface area contributed by atoms with Crippen molar-refractivity contribution in [2.45, 2.75) is 39.2 Å². The third-order valence-electron chi connectivity index (χ3n) is 3.69. The summed E-state index contributed by atoms with van der Waals surface area (Å²) in [6.45, 7) is 4.46.